The van der Waals surface area contributed by atoms with Crippen LogP contribution < -0.4 is 5.32 Å². The molecule has 2 aromatic carbocycles. The van der Waals surface area contributed by atoms with E-state index in [0.29, 0.717) is 10.8 Å². The molecule has 1 amide bonds. The van der Waals surface area contributed by atoms with E-state index in [1.54, 1.807) is 19.3 Å². The van der Waals surface area contributed by atoms with E-state index in [4.69, 9.17) is 0 Å². The van der Waals surface area contributed by atoms with Gasteiger partial charge in [-0.05, 0) is 43.7 Å². The number of nitrogens with zero attached hydrogens (tertiary/aromatic N) is 4. The first-order chi connectivity index (χ1) is 14.2. The molecule has 1 atom stereocenters. The van der Waals surface area contributed by atoms with Crippen LogP contribution in [0.3, 0.4) is 0 Å². The molecule has 0 spiro atoms. The third-order valence-corrected chi connectivity index (χ3v) is 7.32. The topological polar surface area (TPSA) is 97.2 Å². The Labute approximate surface area is 180 Å². The summed E-state index contributed by atoms with van der Waals surface area (Å²) in [5.41, 5.74) is 2.13. The van der Waals surface area contributed by atoms with Gasteiger partial charge in [0.25, 0.3) is 0 Å². The number of carbonyl (C=O) groups is 1. The maximum Gasteiger partial charge on any atom is 0.242 e. The second-order valence-electron chi connectivity index (χ2n) is 6.83. The Morgan fingerprint density at radius 1 is 1.17 bits per heavy atom. The normalized spacial score (nSPS) is 12.7. The lowest BCUT2D eigenvalue weighted by molar-refractivity contribution is -0.115. The van der Waals surface area contributed by atoms with Gasteiger partial charge in [0.15, 0.2) is 5.16 Å². The highest BCUT2D eigenvalue weighted by atomic mass is 32.2. The number of aromatic nitrogens is 3. The maximum absolute atomic E-state index is 12.8. The minimum Gasteiger partial charge on any atom is -0.325 e. The number of thioether (sulfide) groups is 1. The van der Waals surface area contributed by atoms with E-state index in [9.17, 15) is 13.2 Å². The van der Waals surface area contributed by atoms with E-state index in [1.165, 1.54) is 38.0 Å². The molecule has 1 N–H and O–H groups in total. The third kappa shape index (κ3) is 4.72. The van der Waals surface area contributed by atoms with Crippen LogP contribution in [-0.4, -0.2) is 52.7 Å². The van der Waals surface area contributed by atoms with E-state index >= 15 is 0 Å². The molecular formula is C20H23N5O3S2. The van der Waals surface area contributed by atoms with Crippen molar-refractivity contribution in [3.8, 4) is 5.69 Å². The number of para-hydroxylation sites is 1. The molecule has 0 saturated carbocycles. The highest BCUT2D eigenvalue weighted by molar-refractivity contribution is 8.00. The molecule has 0 bridgehead atoms. The quantitative estimate of drug-likeness (QED) is 0.562. The summed E-state index contributed by atoms with van der Waals surface area (Å²) in [4.78, 5) is 12.9. The zero-order valence-corrected chi connectivity index (χ0v) is 18.7. The fourth-order valence-corrected chi connectivity index (χ4v) is 4.39. The molecule has 0 unspecified atom stereocenters. The summed E-state index contributed by atoms with van der Waals surface area (Å²) < 4.78 is 27.7. The van der Waals surface area contributed by atoms with Crippen LogP contribution in [0.5, 0.6) is 0 Å². The van der Waals surface area contributed by atoms with Crippen LogP contribution in [0.25, 0.3) is 5.69 Å². The summed E-state index contributed by atoms with van der Waals surface area (Å²) in [6, 6.07) is 14.3. The zero-order valence-electron chi connectivity index (χ0n) is 17.1. The molecule has 8 nitrogen and oxygen atoms in total. The van der Waals surface area contributed by atoms with Crippen molar-refractivity contribution in [2.45, 2.75) is 29.1 Å². The molecule has 30 heavy (non-hydrogen) atoms. The molecule has 3 aromatic rings. The predicted molar refractivity (Wildman–Crippen MR) is 117 cm³/mol. The van der Waals surface area contributed by atoms with Gasteiger partial charge in [-0.1, -0.05) is 36.0 Å². The van der Waals surface area contributed by atoms with Crippen molar-refractivity contribution in [2.75, 3.05) is 19.4 Å². The van der Waals surface area contributed by atoms with Gasteiger partial charge in [-0.15, -0.1) is 10.2 Å². The number of hydrogen-bond donors (Lipinski definition) is 1. The average Bonchev–Trinajstić information content (AvgIpc) is 3.18. The summed E-state index contributed by atoms with van der Waals surface area (Å²) in [6.45, 7) is 3.57. The highest BCUT2D eigenvalue weighted by Gasteiger charge is 2.22. The van der Waals surface area contributed by atoms with Crippen LogP contribution in [0.15, 0.2) is 64.9 Å². The van der Waals surface area contributed by atoms with Gasteiger partial charge in [0.05, 0.1) is 10.1 Å². The molecule has 0 radical (unpaired) electrons. The van der Waals surface area contributed by atoms with Gasteiger partial charge in [0.2, 0.25) is 15.9 Å². The Kier molecular flexibility index (Phi) is 6.59. The van der Waals surface area contributed by atoms with Crippen molar-refractivity contribution < 1.29 is 13.2 Å². The van der Waals surface area contributed by atoms with Gasteiger partial charge in [-0.25, -0.2) is 12.7 Å². The fourth-order valence-electron chi connectivity index (χ4n) is 2.62. The number of rotatable bonds is 7. The number of carbonyl (C=O) groups excluding carboxylic acids is 1. The first-order valence-electron chi connectivity index (χ1n) is 9.16. The Morgan fingerprint density at radius 3 is 2.53 bits per heavy atom. The number of sulfonamides is 1. The van der Waals surface area contributed by atoms with Gasteiger partial charge in [-0.3, -0.25) is 9.36 Å². The molecule has 1 aromatic heterocycles. The van der Waals surface area contributed by atoms with Crippen molar-refractivity contribution in [3.63, 3.8) is 0 Å². The summed E-state index contributed by atoms with van der Waals surface area (Å²) >= 11 is 1.27. The minimum absolute atomic E-state index is 0.123. The number of benzene rings is 2. The minimum atomic E-state index is -3.59. The summed E-state index contributed by atoms with van der Waals surface area (Å²) in [5, 5.41) is 11.0. The average molecular weight is 446 g/mol. The molecule has 158 valence electrons. The molecule has 0 fully saturated rings. The van der Waals surface area contributed by atoms with Crippen molar-refractivity contribution in [1.82, 2.24) is 19.1 Å². The molecule has 0 aliphatic heterocycles. The lowest BCUT2D eigenvalue weighted by atomic mass is 10.2. The van der Waals surface area contributed by atoms with Gasteiger partial charge >= 0.3 is 0 Å². The maximum atomic E-state index is 12.8. The summed E-state index contributed by atoms with van der Waals surface area (Å²) in [6.07, 6.45) is 1.60. The zero-order chi connectivity index (χ0) is 21.9. The standard InChI is InChI=1S/C20H23N5O3S2/c1-14-10-11-17(30(27,28)24(3)4)12-18(14)22-19(26)15(2)29-20-23-21-13-25(20)16-8-6-5-7-9-16/h5-13,15H,1-4H3,(H,22,26)/t15-/m1/s1. The fraction of sp³-hybridized carbons (Fsp3) is 0.250. The van der Waals surface area contributed by atoms with Crippen molar-refractivity contribution in [2.24, 2.45) is 0 Å². The van der Waals surface area contributed by atoms with Gasteiger partial charge in [-0.2, -0.15) is 0 Å². The van der Waals surface area contributed by atoms with Crippen molar-refractivity contribution in [1.29, 1.82) is 0 Å². The first kappa shape index (κ1) is 22.0. The third-order valence-electron chi connectivity index (χ3n) is 4.45. The van der Waals surface area contributed by atoms with E-state index < -0.39 is 15.3 Å². The number of hydrogen-bond acceptors (Lipinski definition) is 6. The Hall–Kier alpha value is -2.69. The second kappa shape index (κ2) is 8.99. The van der Waals surface area contributed by atoms with E-state index in [-0.39, 0.29) is 10.8 Å². The van der Waals surface area contributed by atoms with Crippen LogP contribution in [0.4, 0.5) is 5.69 Å². The van der Waals surface area contributed by atoms with E-state index in [2.05, 4.69) is 15.5 Å². The summed E-state index contributed by atoms with van der Waals surface area (Å²) in [7, 11) is -0.660. The molecule has 0 aliphatic carbocycles. The SMILES string of the molecule is Cc1ccc(S(=O)(=O)N(C)C)cc1NC(=O)[C@@H](C)Sc1nncn1-c1ccccc1. The second-order valence-corrected chi connectivity index (χ2v) is 10.3. The van der Waals surface area contributed by atoms with Crippen LogP contribution in [0.2, 0.25) is 0 Å². The first-order valence-corrected chi connectivity index (χ1v) is 11.5. The van der Waals surface area contributed by atoms with Crippen molar-refractivity contribution in [3.05, 3.63) is 60.4 Å². The van der Waals surface area contributed by atoms with Gasteiger partial charge < -0.3 is 5.32 Å². The molecule has 3 rings (SSSR count). The number of nitrogens with one attached hydrogen (secondary N) is 1. The Balaban J connectivity index is 1.77. The highest BCUT2D eigenvalue weighted by Crippen LogP contribution is 2.26. The van der Waals surface area contributed by atoms with Gasteiger partial charge in [0, 0.05) is 25.5 Å². The van der Waals surface area contributed by atoms with Gasteiger partial charge in [0.1, 0.15) is 6.33 Å². The number of aryl methyl sites for hydroxylation is 1. The van der Waals surface area contributed by atoms with Crippen LogP contribution in [-0.2, 0) is 14.8 Å². The van der Waals surface area contributed by atoms with E-state index in [1.807, 2.05) is 41.8 Å². The monoisotopic (exact) mass is 445 g/mol. The van der Waals surface area contributed by atoms with Crippen LogP contribution in [0, 0.1) is 6.92 Å². The molecule has 0 saturated heterocycles. The predicted octanol–water partition coefficient (Wildman–Crippen LogP) is 2.95. The van der Waals surface area contributed by atoms with Crippen molar-refractivity contribution >= 4 is 33.4 Å². The lowest BCUT2D eigenvalue weighted by Crippen LogP contribution is -2.25. The smallest absolute Gasteiger partial charge is 0.242 e. The Morgan fingerprint density at radius 2 is 1.87 bits per heavy atom. The molecular weight excluding hydrogens is 422 g/mol. The summed E-state index contributed by atoms with van der Waals surface area (Å²) in [5.74, 6) is -0.259. The number of anilines is 1. The van der Waals surface area contributed by atoms with Crippen LogP contribution >= 0.6 is 11.8 Å². The lowest BCUT2D eigenvalue weighted by Gasteiger charge is -2.16. The van der Waals surface area contributed by atoms with Crippen LogP contribution in [0.1, 0.15) is 12.5 Å². The molecule has 10 heteroatoms. The number of amides is 1. The Bertz CT molecular complexity index is 1140. The molecule has 0 aliphatic rings. The molecule has 1 heterocycles. The largest absolute Gasteiger partial charge is 0.325 e. The van der Waals surface area contributed by atoms with E-state index in [0.717, 1.165) is 15.6 Å².